The van der Waals surface area contributed by atoms with Gasteiger partial charge in [0.25, 0.3) is 0 Å². The van der Waals surface area contributed by atoms with Crippen molar-refractivity contribution in [2.75, 3.05) is 0 Å². The summed E-state index contributed by atoms with van der Waals surface area (Å²) in [5.41, 5.74) is 6.36. The van der Waals surface area contributed by atoms with Gasteiger partial charge in [-0.1, -0.05) is 0 Å². The van der Waals surface area contributed by atoms with E-state index in [0.717, 1.165) is 10.6 Å². The Labute approximate surface area is 59.3 Å². The minimum Gasteiger partial charge on any atom is -0.325 e. The first-order chi connectivity index (χ1) is 4.25. The summed E-state index contributed by atoms with van der Waals surface area (Å²) in [4.78, 5) is 0.861. The molecule has 0 aromatic carbocycles. The third-order valence-electron chi connectivity index (χ3n) is 1.23. The van der Waals surface area contributed by atoms with Gasteiger partial charge in [-0.2, -0.15) is 5.10 Å². The van der Waals surface area contributed by atoms with Gasteiger partial charge in [-0.3, -0.25) is 4.68 Å². The monoisotopic (exact) mass is 143 g/mol. The molecule has 0 fully saturated rings. The molecule has 0 spiro atoms. The topological polar surface area (TPSA) is 43.8 Å². The Morgan fingerprint density at radius 2 is 2.56 bits per heavy atom. The van der Waals surface area contributed by atoms with E-state index < -0.39 is 0 Å². The number of thiol groups is 1. The maximum Gasteiger partial charge on any atom is 0.0649 e. The lowest BCUT2D eigenvalue weighted by Crippen LogP contribution is -2.04. The van der Waals surface area contributed by atoms with E-state index in [2.05, 4.69) is 17.7 Å². The van der Waals surface area contributed by atoms with Gasteiger partial charge in [-0.05, 0) is 0 Å². The van der Waals surface area contributed by atoms with Gasteiger partial charge >= 0.3 is 0 Å². The summed E-state index contributed by atoms with van der Waals surface area (Å²) in [6.45, 7) is 0.495. The van der Waals surface area contributed by atoms with Gasteiger partial charge in [0, 0.05) is 18.5 Å². The number of nitrogens with two attached hydrogens (primary N) is 1. The second-order valence-corrected chi connectivity index (χ2v) is 2.29. The van der Waals surface area contributed by atoms with Crippen molar-refractivity contribution < 1.29 is 0 Å². The Morgan fingerprint density at radius 3 is 2.78 bits per heavy atom. The van der Waals surface area contributed by atoms with Crippen LogP contribution >= 0.6 is 12.6 Å². The summed E-state index contributed by atoms with van der Waals surface area (Å²) >= 11 is 4.14. The molecule has 1 heterocycles. The Bertz CT molecular complexity index is 186. The van der Waals surface area contributed by atoms with Gasteiger partial charge in [0.1, 0.15) is 0 Å². The molecular weight excluding hydrogens is 134 g/mol. The van der Waals surface area contributed by atoms with Gasteiger partial charge in [0.05, 0.1) is 11.9 Å². The molecule has 0 unspecified atom stereocenters. The Morgan fingerprint density at radius 1 is 1.89 bits per heavy atom. The van der Waals surface area contributed by atoms with Gasteiger partial charge in [0.15, 0.2) is 0 Å². The minimum absolute atomic E-state index is 0.495. The van der Waals surface area contributed by atoms with Crippen LogP contribution in [-0.4, -0.2) is 9.78 Å². The van der Waals surface area contributed by atoms with Gasteiger partial charge in [0.2, 0.25) is 0 Å². The van der Waals surface area contributed by atoms with E-state index in [1.807, 2.05) is 7.05 Å². The first-order valence-corrected chi connectivity index (χ1v) is 3.10. The average molecular weight is 143 g/mol. The fourth-order valence-corrected chi connectivity index (χ4v) is 0.976. The second-order valence-electron chi connectivity index (χ2n) is 1.80. The van der Waals surface area contributed by atoms with Crippen molar-refractivity contribution in [3.05, 3.63) is 11.9 Å². The molecule has 0 atom stereocenters. The number of hydrogen-bond acceptors (Lipinski definition) is 3. The lowest BCUT2D eigenvalue weighted by Gasteiger charge is -1.95. The Hall–Kier alpha value is -0.480. The van der Waals surface area contributed by atoms with Crippen molar-refractivity contribution in [1.82, 2.24) is 9.78 Å². The molecule has 50 valence electrons. The summed E-state index contributed by atoms with van der Waals surface area (Å²) in [7, 11) is 1.85. The fourth-order valence-electron chi connectivity index (χ4n) is 0.688. The molecule has 9 heavy (non-hydrogen) atoms. The molecule has 1 rings (SSSR count). The summed E-state index contributed by atoms with van der Waals surface area (Å²) < 4.78 is 1.72. The zero-order valence-corrected chi connectivity index (χ0v) is 6.10. The van der Waals surface area contributed by atoms with E-state index >= 15 is 0 Å². The average Bonchev–Trinajstić information content (AvgIpc) is 2.12. The van der Waals surface area contributed by atoms with Crippen LogP contribution in [-0.2, 0) is 13.6 Å². The van der Waals surface area contributed by atoms with Crippen molar-refractivity contribution >= 4 is 12.6 Å². The predicted octanol–water partition coefficient (Wildman–Crippen LogP) is 0.168. The highest BCUT2D eigenvalue weighted by molar-refractivity contribution is 7.80. The molecule has 0 bridgehead atoms. The summed E-state index contributed by atoms with van der Waals surface area (Å²) in [5, 5.41) is 3.95. The molecule has 1 aromatic rings. The summed E-state index contributed by atoms with van der Waals surface area (Å²) in [6, 6.07) is 0. The van der Waals surface area contributed by atoms with Crippen LogP contribution in [0.25, 0.3) is 0 Å². The molecule has 0 saturated carbocycles. The zero-order chi connectivity index (χ0) is 6.85. The van der Waals surface area contributed by atoms with Crippen LogP contribution in [0.3, 0.4) is 0 Å². The molecule has 3 nitrogen and oxygen atoms in total. The van der Waals surface area contributed by atoms with E-state index in [-0.39, 0.29) is 0 Å². The molecule has 0 amide bonds. The largest absolute Gasteiger partial charge is 0.325 e. The first-order valence-electron chi connectivity index (χ1n) is 2.65. The second kappa shape index (κ2) is 2.41. The van der Waals surface area contributed by atoms with Gasteiger partial charge in [-0.15, -0.1) is 12.6 Å². The van der Waals surface area contributed by atoms with E-state index in [9.17, 15) is 0 Å². The normalized spacial score (nSPS) is 10.1. The molecule has 1 aromatic heterocycles. The van der Waals surface area contributed by atoms with Gasteiger partial charge in [-0.25, -0.2) is 0 Å². The van der Waals surface area contributed by atoms with Crippen LogP contribution in [0.5, 0.6) is 0 Å². The highest BCUT2D eigenvalue weighted by atomic mass is 32.1. The number of hydrogen-bond donors (Lipinski definition) is 2. The van der Waals surface area contributed by atoms with E-state index in [0.29, 0.717) is 6.54 Å². The third kappa shape index (κ3) is 1.09. The van der Waals surface area contributed by atoms with E-state index in [4.69, 9.17) is 5.73 Å². The molecule has 0 radical (unpaired) electrons. The number of rotatable bonds is 1. The third-order valence-corrected chi connectivity index (χ3v) is 1.61. The zero-order valence-electron chi connectivity index (χ0n) is 5.20. The maximum atomic E-state index is 5.39. The highest BCUT2D eigenvalue weighted by Gasteiger charge is 2.00. The van der Waals surface area contributed by atoms with Crippen molar-refractivity contribution in [2.45, 2.75) is 11.4 Å². The van der Waals surface area contributed by atoms with Gasteiger partial charge < -0.3 is 5.73 Å². The maximum absolute atomic E-state index is 5.39. The molecule has 4 heteroatoms. The summed E-state index contributed by atoms with van der Waals surface area (Å²) in [5.74, 6) is 0. The highest BCUT2D eigenvalue weighted by Crippen LogP contribution is 2.09. The van der Waals surface area contributed by atoms with Crippen LogP contribution in [0.1, 0.15) is 5.69 Å². The van der Waals surface area contributed by atoms with Crippen LogP contribution in [0, 0.1) is 0 Å². The number of nitrogens with zero attached hydrogens (tertiary/aromatic N) is 2. The van der Waals surface area contributed by atoms with E-state index in [1.165, 1.54) is 0 Å². The predicted molar refractivity (Wildman–Crippen MR) is 38.4 cm³/mol. The van der Waals surface area contributed by atoms with Crippen LogP contribution in [0.2, 0.25) is 0 Å². The number of aromatic nitrogens is 2. The molecular formula is C5H9N3S. The standard InChI is InChI=1S/C5H9N3S/c1-8-4(2-6)5(9)3-7-8/h3,9H,2,6H2,1H3. The molecule has 0 aliphatic carbocycles. The molecule has 0 aliphatic heterocycles. The molecule has 2 N–H and O–H groups in total. The van der Waals surface area contributed by atoms with Crippen molar-refractivity contribution in [3.8, 4) is 0 Å². The number of aryl methyl sites for hydroxylation is 1. The van der Waals surface area contributed by atoms with Crippen LogP contribution < -0.4 is 5.73 Å². The molecule has 0 aliphatic rings. The van der Waals surface area contributed by atoms with Crippen LogP contribution in [0.4, 0.5) is 0 Å². The fraction of sp³-hybridized carbons (Fsp3) is 0.400. The Kier molecular flexibility index (Phi) is 1.78. The lowest BCUT2D eigenvalue weighted by molar-refractivity contribution is 0.707. The van der Waals surface area contributed by atoms with Crippen molar-refractivity contribution in [3.63, 3.8) is 0 Å². The quantitative estimate of drug-likeness (QED) is 0.550. The smallest absolute Gasteiger partial charge is 0.0649 e. The van der Waals surface area contributed by atoms with E-state index in [1.54, 1.807) is 10.9 Å². The minimum atomic E-state index is 0.495. The van der Waals surface area contributed by atoms with Crippen LogP contribution in [0.15, 0.2) is 11.1 Å². The van der Waals surface area contributed by atoms with Crippen molar-refractivity contribution in [1.29, 1.82) is 0 Å². The lowest BCUT2D eigenvalue weighted by atomic mass is 10.4. The molecule has 0 saturated heterocycles. The van der Waals surface area contributed by atoms with Crippen molar-refractivity contribution in [2.24, 2.45) is 12.8 Å². The Balaban J connectivity index is 3.07. The summed E-state index contributed by atoms with van der Waals surface area (Å²) in [6.07, 6.45) is 1.69. The first kappa shape index (κ1) is 6.64. The SMILES string of the molecule is Cn1ncc(S)c1CN.